The van der Waals surface area contributed by atoms with Crippen molar-refractivity contribution in [3.63, 3.8) is 0 Å². The van der Waals surface area contributed by atoms with Gasteiger partial charge in [0.25, 0.3) is 5.91 Å². The number of carbonyl (C=O) groups excluding carboxylic acids is 1. The van der Waals surface area contributed by atoms with Crippen LogP contribution in [0.25, 0.3) is 0 Å². The third kappa shape index (κ3) is 4.11. The Morgan fingerprint density at radius 2 is 1.81 bits per heavy atom. The zero-order chi connectivity index (χ0) is 18.5. The molecule has 0 saturated carbocycles. The number of aromatic amines is 1. The van der Waals surface area contributed by atoms with Crippen LogP contribution in [0.3, 0.4) is 0 Å². The molecule has 4 N–H and O–H groups in total. The van der Waals surface area contributed by atoms with Crippen molar-refractivity contribution < 1.29 is 9.90 Å². The minimum absolute atomic E-state index is 0.239. The first kappa shape index (κ1) is 17.7. The van der Waals surface area contributed by atoms with Crippen molar-refractivity contribution in [1.29, 1.82) is 0 Å². The topological polar surface area (TPSA) is 92.0 Å². The molecule has 3 aromatic rings. The molecule has 3 rings (SSSR count). The second kappa shape index (κ2) is 7.87. The van der Waals surface area contributed by atoms with Gasteiger partial charge in [-0.15, -0.1) is 0 Å². The number of hydrogen-bond donors (Lipinski definition) is 3. The number of aromatic hydroxyl groups is 1. The summed E-state index contributed by atoms with van der Waals surface area (Å²) in [5.41, 5.74) is 11.0. The van der Waals surface area contributed by atoms with E-state index in [-0.39, 0.29) is 5.75 Å². The van der Waals surface area contributed by atoms with E-state index in [0.29, 0.717) is 24.1 Å². The van der Waals surface area contributed by atoms with Crippen LogP contribution in [0.4, 0.5) is 0 Å². The number of phenolic OH excluding ortho intramolecular Hbond substituents is 1. The van der Waals surface area contributed by atoms with Crippen LogP contribution >= 0.6 is 0 Å². The van der Waals surface area contributed by atoms with Crippen molar-refractivity contribution in [1.82, 2.24) is 10.2 Å². The van der Waals surface area contributed by atoms with Gasteiger partial charge in [-0.2, -0.15) is 5.10 Å². The van der Waals surface area contributed by atoms with Gasteiger partial charge in [0.15, 0.2) is 0 Å². The fourth-order valence-corrected chi connectivity index (χ4v) is 3.11. The fourth-order valence-electron chi connectivity index (χ4n) is 3.11. The van der Waals surface area contributed by atoms with Crippen molar-refractivity contribution in [2.75, 3.05) is 0 Å². The molecule has 134 valence electrons. The first-order chi connectivity index (χ1) is 12.6. The molecule has 26 heavy (non-hydrogen) atoms. The van der Waals surface area contributed by atoms with Crippen molar-refractivity contribution in [3.05, 3.63) is 82.2 Å². The number of aryl methyl sites for hydroxylation is 3. The van der Waals surface area contributed by atoms with E-state index in [2.05, 4.69) is 29.3 Å². The molecule has 0 aliphatic rings. The summed E-state index contributed by atoms with van der Waals surface area (Å²) in [6.45, 7) is 2.12. The number of nitrogens with one attached hydrogen (secondary N) is 1. The lowest BCUT2D eigenvalue weighted by Crippen LogP contribution is -2.15. The highest BCUT2D eigenvalue weighted by atomic mass is 16.3. The molecule has 0 atom stereocenters. The van der Waals surface area contributed by atoms with Crippen LogP contribution in [0.2, 0.25) is 0 Å². The van der Waals surface area contributed by atoms with E-state index in [4.69, 9.17) is 5.73 Å². The van der Waals surface area contributed by atoms with Gasteiger partial charge in [-0.1, -0.05) is 43.3 Å². The highest BCUT2D eigenvalue weighted by Crippen LogP contribution is 2.19. The number of carbonyl (C=O) groups is 1. The standard InChI is InChI=1S/C21H23N3O2/c1-2-14-4-3-5-16(12-14)13-19-20(21(22)26)18(23-24-19)11-8-15-6-9-17(25)10-7-15/h3-7,9-10,12,25H,2,8,11,13H2,1H3,(H2,22,26)(H,23,24). The minimum Gasteiger partial charge on any atom is -0.508 e. The smallest absolute Gasteiger partial charge is 0.252 e. The molecular weight excluding hydrogens is 326 g/mol. The summed E-state index contributed by atoms with van der Waals surface area (Å²) >= 11 is 0. The molecule has 0 aliphatic heterocycles. The minimum atomic E-state index is -0.457. The largest absolute Gasteiger partial charge is 0.508 e. The number of H-pyrrole nitrogens is 1. The van der Waals surface area contributed by atoms with Crippen molar-refractivity contribution in [3.8, 4) is 5.75 Å². The number of benzene rings is 2. The maximum absolute atomic E-state index is 12.0. The Bertz CT molecular complexity index is 898. The molecule has 0 aliphatic carbocycles. The number of nitrogens with two attached hydrogens (primary N) is 1. The highest BCUT2D eigenvalue weighted by Gasteiger charge is 2.18. The van der Waals surface area contributed by atoms with E-state index >= 15 is 0 Å². The average molecular weight is 349 g/mol. The molecule has 0 saturated heterocycles. The Hall–Kier alpha value is -3.08. The Balaban J connectivity index is 1.79. The Morgan fingerprint density at radius 1 is 1.08 bits per heavy atom. The predicted molar refractivity (Wildman–Crippen MR) is 101 cm³/mol. The molecule has 1 heterocycles. The second-order valence-electron chi connectivity index (χ2n) is 6.40. The molecule has 0 bridgehead atoms. The lowest BCUT2D eigenvalue weighted by Gasteiger charge is -2.05. The van der Waals surface area contributed by atoms with Gasteiger partial charge in [-0.3, -0.25) is 9.89 Å². The summed E-state index contributed by atoms with van der Waals surface area (Å²) in [4.78, 5) is 12.0. The fraction of sp³-hybridized carbons (Fsp3) is 0.238. The monoisotopic (exact) mass is 349 g/mol. The summed E-state index contributed by atoms with van der Waals surface area (Å²) in [6.07, 6.45) is 2.89. The number of hydrogen-bond acceptors (Lipinski definition) is 3. The summed E-state index contributed by atoms with van der Waals surface area (Å²) < 4.78 is 0. The average Bonchev–Trinajstić information content (AvgIpc) is 3.04. The highest BCUT2D eigenvalue weighted by molar-refractivity contribution is 5.95. The van der Waals surface area contributed by atoms with Gasteiger partial charge in [0.05, 0.1) is 17.0 Å². The van der Waals surface area contributed by atoms with E-state index in [9.17, 15) is 9.90 Å². The zero-order valence-corrected chi connectivity index (χ0v) is 14.8. The second-order valence-corrected chi connectivity index (χ2v) is 6.40. The van der Waals surface area contributed by atoms with Crippen molar-refractivity contribution >= 4 is 5.91 Å². The number of amides is 1. The maximum atomic E-state index is 12.0. The van der Waals surface area contributed by atoms with Crippen LogP contribution in [-0.4, -0.2) is 21.2 Å². The van der Waals surface area contributed by atoms with Crippen molar-refractivity contribution in [2.45, 2.75) is 32.6 Å². The van der Waals surface area contributed by atoms with E-state index in [1.165, 1.54) is 5.56 Å². The van der Waals surface area contributed by atoms with E-state index in [1.54, 1.807) is 12.1 Å². The summed E-state index contributed by atoms with van der Waals surface area (Å²) in [6, 6.07) is 15.3. The van der Waals surface area contributed by atoms with Crippen LogP contribution in [0.1, 0.15) is 45.4 Å². The predicted octanol–water partition coefficient (Wildman–Crippen LogP) is 3.15. The number of nitrogens with zero attached hydrogens (tertiary/aromatic N) is 1. The maximum Gasteiger partial charge on any atom is 0.252 e. The third-order valence-electron chi connectivity index (χ3n) is 4.53. The molecule has 5 heteroatoms. The molecule has 0 unspecified atom stereocenters. The van der Waals surface area contributed by atoms with Gasteiger partial charge < -0.3 is 10.8 Å². The molecule has 0 spiro atoms. The van der Waals surface area contributed by atoms with Crippen LogP contribution < -0.4 is 5.73 Å². The quantitative estimate of drug-likeness (QED) is 0.612. The van der Waals surface area contributed by atoms with Crippen LogP contribution in [-0.2, 0) is 25.7 Å². The molecule has 0 fully saturated rings. The van der Waals surface area contributed by atoms with Crippen molar-refractivity contribution in [2.24, 2.45) is 5.73 Å². The third-order valence-corrected chi connectivity index (χ3v) is 4.53. The lowest BCUT2D eigenvalue weighted by molar-refractivity contribution is 0.0998. The summed E-state index contributed by atoms with van der Waals surface area (Å²) in [7, 11) is 0. The van der Waals surface area contributed by atoms with Crippen LogP contribution in [0, 0.1) is 0 Å². The first-order valence-corrected chi connectivity index (χ1v) is 8.78. The normalized spacial score (nSPS) is 10.8. The van der Waals surface area contributed by atoms with Crippen LogP contribution in [0.5, 0.6) is 5.75 Å². The molecule has 1 aromatic heterocycles. The number of rotatable bonds is 7. The number of primary amides is 1. The van der Waals surface area contributed by atoms with E-state index in [1.807, 2.05) is 24.3 Å². The molecule has 2 aromatic carbocycles. The van der Waals surface area contributed by atoms with Gasteiger partial charge in [0.2, 0.25) is 0 Å². The number of phenols is 1. The summed E-state index contributed by atoms with van der Waals surface area (Å²) in [5, 5.41) is 16.7. The Labute approximate surface area is 152 Å². The van der Waals surface area contributed by atoms with Gasteiger partial charge in [-0.25, -0.2) is 0 Å². The molecular formula is C21H23N3O2. The lowest BCUT2D eigenvalue weighted by atomic mass is 10.00. The Morgan fingerprint density at radius 3 is 2.50 bits per heavy atom. The van der Waals surface area contributed by atoms with E-state index in [0.717, 1.165) is 29.7 Å². The first-order valence-electron chi connectivity index (χ1n) is 8.78. The summed E-state index contributed by atoms with van der Waals surface area (Å²) in [5.74, 6) is -0.218. The van der Waals surface area contributed by atoms with E-state index < -0.39 is 5.91 Å². The molecule has 0 radical (unpaired) electrons. The van der Waals surface area contributed by atoms with Gasteiger partial charge in [-0.05, 0) is 48.1 Å². The SMILES string of the molecule is CCc1cccc(Cc2[nH]nc(CCc3ccc(O)cc3)c2C(N)=O)c1. The number of aromatic nitrogens is 2. The molecule has 1 amide bonds. The Kier molecular flexibility index (Phi) is 5.37. The van der Waals surface area contributed by atoms with Gasteiger partial charge >= 0.3 is 0 Å². The van der Waals surface area contributed by atoms with Gasteiger partial charge in [0, 0.05) is 6.42 Å². The molecule has 5 nitrogen and oxygen atoms in total. The van der Waals surface area contributed by atoms with Crippen LogP contribution in [0.15, 0.2) is 48.5 Å². The van der Waals surface area contributed by atoms with Gasteiger partial charge in [0.1, 0.15) is 5.75 Å². The zero-order valence-electron chi connectivity index (χ0n) is 14.8.